The van der Waals surface area contributed by atoms with Crippen LogP contribution in [0, 0.1) is 0 Å². The van der Waals surface area contributed by atoms with E-state index >= 15 is 0 Å². The Hall–Kier alpha value is -0.0600. The van der Waals surface area contributed by atoms with Crippen LogP contribution in [0.25, 0.3) is 0 Å². The molecule has 1 saturated heterocycles. The first-order chi connectivity index (χ1) is 6.34. The lowest BCUT2D eigenvalue weighted by atomic mass is 10.1. The van der Waals surface area contributed by atoms with E-state index in [1.807, 2.05) is 12.1 Å². The summed E-state index contributed by atoms with van der Waals surface area (Å²) in [6.45, 7) is 2.11. The molecule has 1 aliphatic rings. The highest BCUT2D eigenvalue weighted by atomic mass is 79.9. The first-order valence-corrected chi connectivity index (χ1v) is 6.08. The lowest BCUT2D eigenvalue weighted by Crippen LogP contribution is -2.36. The molecule has 0 radical (unpaired) electrons. The molecule has 0 spiro atoms. The van der Waals surface area contributed by atoms with Gasteiger partial charge in [-0.2, -0.15) is 0 Å². The zero-order valence-corrected chi connectivity index (χ0v) is 9.66. The van der Waals surface area contributed by atoms with Gasteiger partial charge in [0, 0.05) is 6.54 Å². The third-order valence-electron chi connectivity index (χ3n) is 2.08. The Bertz CT molecular complexity index is 270. The minimum Gasteiger partial charge on any atom is -0.480 e. The van der Waals surface area contributed by atoms with Gasteiger partial charge in [-0.3, -0.25) is 0 Å². The molecule has 0 bridgehead atoms. The van der Waals surface area contributed by atoms with E-state index in [4.69, 9.17) is 4.74 Å². The molecule has 1 fully saturated rings. The van der Waals surface area contributed by atoms with E-state index in [-0.39, 0.29) is 0 Å². The molecule has 1 aromatic rings. The van der Waals surface area contributed by atoms with Crippen molar-refractivity contribution in [3.8, 4) is 5.06 Å². The van der Waals surface area contributed by atoms with Crippen molar-refractivity contribution in [3.63, 3.8) is 0 Å². The van der Waals surface area contributed by atoms with Crippen LogP contribution in [0.4, 0.5) is 0 Å². The zero-order valence-electron chi connectivity index (χ0n) is 7.25. The van der Waals surface area contributed by atoms with Crippen molar-refractivity contribution >= 4 is 27.3 Å². The maximum absolute atomic E-state index is 5.80. The lowest BCUT2D eigenvalue weighted by Gasteiger charge is -2.22. The molecule has 1 atom stereocenters. The first kappa shape index (κ1) is 9.49. The molecular formula is C9H12BrNOS. The minimum absolute atomic E-state index is 0.360. The van der Waals surface area contributed by atoms with Gasteiger partial charge in [0.1, 0.15) is 6.10 Å². The number of rotatable bonds is 2. The Morgan fingerprint density at radius 2 is 2.46 bits per heavy atom. The molecule has 2 nitrogen and oxygen atoms in total. The summed E-state index contributed by atoms with van der Waals surface area (Å²) < 4.78 is 6.93. The Morgan fingerprint density at radius 1 is 1.54 bits per heavy atom. The van der Waals surface area contributed by atoms with E-state index in [0.717, 1.165) is 21.9 Å². The average molecular weight is 262 g/mol. The molecule has 72 valence electrons. The number of hydrogen-bond acceptors (Lipinski definition) is 3. The lowest BCUT2D eigenvalue weighted by molar-refractivity contribution is 0.172. The molecule has 0 aromatic carbocycles. The number of piperidine rings is 1. The Labute approximate surface area is 90.4 Å². The van der Waals surface area contributed by atoms with Gasteiger partial charge < -0.3 is 10.1 Å². The van der Waals surface area contributed by atoms with Crippen LogP contribution in [0.15, 0.2) is 15.9 Å². The van der Waals surface area contributed by atoms with Crippen LogP contribution in [0.2, 0.25) is 0 Å². The molecule has 0 saturated carbocycles. The van der Waals surface area contributed by atoms with E-state index in [9.17, 15) is 0 Å². The Morgan fingerprint density at radius 3 is 3.08 bits per heavy atom. The van der Waals surface area contributed by atoms with Crippen LogP contribution < -0.4 is 10.1 Å². The number of nitrogens with one attached hydrogen (secondary N) is 1. The van der Waals surface area contributed by atoms with Crippen molar-refractivity contribution in [2.45, 2.75) is 18.9 Å². The highest BCUT2D eigenvalue weighted by molar-refractivity contribution is 9.11. The molecule has 0 aliphatic carbocycles. The molecule has 1 aliphatic heterocycles. The van der Waals surface area contributed by atoms with Gasteiger partial charge in [0.25, 0.3) is 0 Å². The largest absolute Gasteiger partial charge is 0.480 e. The van der Waals surface area contributed by atoms with Gasteiger partial charge in [-0.25, -0.2) is 0 Å². The third kappa shape index (κ3) is 2.69. The summed E-state index contributed by atoms with van der Waals surface area (Å²) in [5.74, 6) is 0. The maximum Gasteiger partial charge on any atom is 0.175 e. The van der Waals surface area contributed by atoms with E-state index in [0.29, 0.717) is 6.10 Å². The van der Waals surface area contributed by atoms with Crippen LogP contribution in [-0.2, 0) is 0 Å². The molecule has 2 rings (SSSR count). The predicted molar refractivity (Wildman–Crippen MR) is 58.5 cm³/mol. The van der Waals surface area contributed by atoms with Gasteiger partial charge in [-0.15, -0.1) is 0 Å². The molecule has 0 amide bonds. The summed E-state index contributed by atoms with van der Waals surface area (Å²) in [6.07, 6.45) is 2.75. The smallest absolute Gasteiger partial charge is 0.175 e. The average Bonchev–Trinajstić information content (AvgIpc) is 2.53. The predicted octanol–water partition coefficient (Wildman–Crippen LogP) is 2.64. The molecule has 1 N–H and O–H groups in total. The summed E-state index contributed by atoms with van der Waals surface area (Å²) in [6, 6.07) is 4.04. The van der Waals surface area contributed by atoms with Gasteiger partial charge in [0.15, 0.2) is 5.06 Å². The quantitative estimate of drug-likeness (QED) is 0.884. The summed E-state index contributed by atoms with van der Waals surface area (Å²) in [5.41, 5.74) is 0. The fourth-order valence-electron chi connectivity index (χ4n) is 1.45. The second-order valence-corrected chi connectivity index (χ2v) is 5.57. The maximum atomic E-state index is 5.80. The van der Waals surface area contributed by atoms with Crippen molar-refractivity contribution in [2.75, 3.05) is 13.1 Å². The molecule has 4 heteroatoms. The monoisotopic (exact) mass is 261 g/mol. The number of ether oxygens (including phenoxy) is 1. The van der Waals surface area contributed by atoms with Crippen LogP contribution >= 0.6 is 27.3 Å². The standard InChI is InChI=1S/C9H12BrNOS/c10-8-3-4-9(13-8)12-7-2-1-5-11-6-7/h3-4,7,11H,1-2,5-6H2. The van der Waals surface area contributed by atoms with Gasteiger partial charge in [-0.1, -0.05) is 11.3 Å². The molecule has 13 heavy (non-hydrogen) atoms. The topological polar surface area (TPSA) is 21.3 Å². The molecule has 2 heterocycles. The highest BCUT2D eigenvalue weighted by Gasteiger charge is 2.14. The van der Waals surface area contributed by atoms with E-state index in [2.05, 4.69) is 21.2 Å². The Balaban J connectivity index is 1.89. The van der Waals surface area contributed by atoms with Crippen molar-refractivity contribution in [1.29, 1.82) is 0 Å². The number of halogens is 1. The fraction of sp³-hybridized carbons (Fsp3) is 0.556. The van der Waals surface area contributed by atoms with Gasteiger partial charge >= 0.3 is 0 Å². The highest BCUT2D eigenvalue weighted by Crippen LogP contribution is 2.30. The molecule has 1 unspecified atom stereocenters. The normalized spacial score (nSPS) is 23.0. The third-order valence-corrected chi connectivity index (χ3v) is 3.60. The fourth-order valence-corrected chi connectivity index (χ4v) is 2.71. The van der Waals surface area contributed by atoms with Crippen molar-refractivity contribution < 1.29 is 4.74 Å². The van der Waals surface area contributed by atoms with Crippen molar-refractivity contribution in [1.82, 2.24) is 5.32 Å². The Kier molecular flexibility index (Phi) is 3.24. The SMILES string of the molecule is Brc1ccc(OC2CCCNC2)s1. The number of thiophene rings is 1. The van der Waals surface area contributed by atoms with Crippen LogP contribution in [-0.4, -0.2) is 19.2 Å². The van der Waals surface area contributed by atoms with Gasteiger partial charge in [0.05, 0.1) is 3.79 Å². The minimum atomic E-state index is 0.360. The van der Waals surface area contributed by atoms with Crippen LogP contribution in [0.5, 0.6) is 5.06 Å². The molecule has 1 aromatic heterocycles. The van der Waals surface area contributed by atoms with E-state index in [1.165, 1.54) is 12.8 Å². The summed E-state index contributed by atoms with van der Waals surface area (Å²) in [7, 11) is 0. The summed E-state index contributed by atoms with van der Waals surface area (Å²) in [5, 5.41) is 4.34. The molecular weight excluding hydrogens is 250 g/mol. The van der Waals surface area contributed by atoms with Crippen molar-refractivity contribution in [2.24, 2.45) is 0 Å². The second-order valence-electron chi connectivity index (χ2n) is 3.14. The number of hydrogen-bond donors (Lipinski definition) is 1. The van der Waals surface area contributed by atoms with E-state index < -0.39 is 0 Å². The van der Waals surface area contributed by atoms with Crippen LogP contribution in [0.3, 0.4) is 0 Å². The zero-order chi connectivity index (χ0) is 9.10. The van der Waals surface area contributed by atoms with Gasteiger partial charge in [-0.05, 0) is 47.4 Å². The van der Waals surface area contributed by atoms with Gasteiger partial charge in [0.2, 0.25) is 0 Å². The van der Waals surface area contributed by atoms with Crippen molar-refractivity contribution in [3.05, 3.63) is 15.9 Å². The summed E-state index contributed by atoms with van der Waals surface area (Å²) in [4.78, 5) is 0. The first-order valence-electron chi connectivity index (χ1n) is 4.47. The van der Waals surface area contributed by atoms with E-state index in [1.54, 1.807) is 11.3 Å². The van der Waals surface area contributed by atoms with Crippen LogP contribution in [0.1, 0.15) is 12.8 Å². The summed E-state index contributed by atoms with van der Waals surface area (Å²) >= 11 is 5.07. The second kappa shape index (κ2) is 4.44.